The minimum Gasteiger partial charge on any atom is -0.336 e. The monoisotopic (exact) mass is 372 g/mol. The molecule has 3 aromatic rings. The Morgan fingerprint density at radius 3 is 2.57 bits per heavy atom. The summed E-state index contributed by atoms with van der Waals surface area (Å²) in [6, 6.07) is 20.0. The zero-order chi connectivity index (χ0) is 19.2. The number of nitrogens with one attached hydrogen (secondary N) is 1. The van der Waals surface area contributed by atoms with Crippen LogP contribution in [0.1, 0.15) is 15.9 Å². The van der Waals surface area contributed by atoms with Crippen LogP contribution >= 0.6 is 0 Å². The van der Waals surface area contributed by atoms with E-state index in [1.807, 2.05) is 53.4 Å². The van der Waals surface area contributed by atoms with Crippen molar-refractivity contribution in [2.75, 3.05) is 32.7 Å². The summed E-state index contributed by atoms with van der Waals surface area (Å²) in [5.74, 6) is 0.0980. The van der Waals surface area contributed by atoms with Crippen molar-refractivity contribution in [1.29, 1.82) is 0 Å². The number of rotatable bonds is 5. The zero-order valence-corrected chi connectivity index (χ0v) is 15.8. The van der Waals surface area contributed by atoms with Gasteiger partial charge in [0, 0.05) is 50.0 Å². The van der Waals surface area contributed by atoms with Gasteiger partial charge < -0.3 is 4.90 Å². The third-order valence-corrected chi connectivity index (χ3v) is 5.05. The summed E-state index contributed by atoms with van der Waals surface area (Å²) in [6.45, 7) is 4.21. The Bertz CT molecular complexity index is 926. The molecular weight excluding hydrogens is 348 g/mol. The summed E-state index contributed by atoms with van der Waals surface area (Å²) in [6.07, 6.45) is 6.06. The average Bonchev–Trinajstić information content (AvgIpc) is 3.30. The molecule has 1 N–H and O–H groups in total. The van der Waals surface area contributed by atoms with Gasteiger partial charge in [-0.2, -0.15) is 5.10 Å². The smallest absolute Gasteiger partial charge is 0.253 e. The highest BCUT2D eigenvalue weighted by molar-refractivity contribution is 5.95. The van der Waals surface area contributed by atoms with Gasteiger partial charge >= 0.3 is 0 Å². The summed E-state index contributed by atoms with van der Waals surface area (Å²) < 4.78 is 0. The third kappa shape index (κ3) is 4.38. The standard InChI is InChI=1S/C23H24N4O/c28-23(21-10-4-9-20(18-21)22-11-12-24-25-22)27-16-14-26(15-17-27)13-5-8-19-6-2-1-3-7-19/h1-12,18H,13-17H2,(H,24,25). The number of hydrogen-bond donors (Lipinski definition) is 1. The van der Waals surface area contributed by atoms with E-state index in [-0.39, 0.29) is 5.91 Å². The van der Waals surface area contributed by atoms with Crippen molar-refractivity contribution in [3.63, 3.8) is 0 Å². The average molecular weight is 372 g/mol. The first-order chi connectivity index (χ1) is 13.8. The van der Waals surface area contributed by atoms with E-state index in [9.17, 15) is 4.79 Å². The lowest BCUT2D eigenvalue weighted by Crippen LogP contribution is -2.48. The van der Waals surface area contributed by atoms with E-state index < -0.39 is 0 Å². The summed E-state index contributed by atoms with van der Waals surface area (Å²) in [4.78, 5) is 17.2. The number of amides is 1. The first-order valence-electron chi connectivity index (χ1n) is 9.62. The summed E-state index contributed by atoms with van der Waals surface area (Å²) >= 11 is 0. The highest BCUT2D eigenvalue weighted by atomic mass is 16.2. The number of H-pyrrole nitrogens is 1. The maximum absolute atomic E-state index is 12.9. The van der Waals surface area contributed by atoms with Crippen molar-refractivity contribution < 1.29 is 4.79 Å². The van der Waals surface area contributed by atoms with Crippen LogP contribution in [0.25, 0.3) is 17.3 Å². The Morgan fingerprint density at radius 1 is 1.00 bits per heavy atom. The second-order valence-corrected chi connectivity index (χ2v) is 6.96. The van der Waals surface area contributed by atoms with Gasteiger partial charge in [0.1, 0.15) is 0 Å². The minimum absolute atomic E-state index is 0.0980. The first kappa shape index (κ1) is 18.2. The molecule has 0 radical (unpaired) electrons. The van der Waals surface area contributed by atoms with Crippen molar-refractivity contribution in [3.05, 3.63) is 84.1 Å². The molecule has 0 bridgehead atoms. The highest BCUT2D eigenvalue weighted by Gasteiger charge is 2.21. The SMILES string of the molecule is O=C(c1cccc(-c2ccn[nH]2)c1)N1CCN(CC=Cc2ccccc2)CC1. The number of carbonyl (C=O) groups is 1. The molecule has 1 fully saturated rings. The Labute approximate surface area is 165 Å². The van der Waals surface area contributed by atoms with Crippen LogP contribution in [0.3, 0.4) is 0 Å². The predicted octanol–water partition coefficient (Wildman–Crippen LogP) is 3.55. The van der Waals surface area contributed by atoms with E-state index in [2.05, 4.69) is 39.4 Å². The molecule has 0 spiro atoms. The quantitative estimate of drug-likeness (QED) is 0.745. The highest BCUT2D eigenvalue weighted by Crippen LogP contribution is 2.19. The van der Waals surface area contributed by atoms with Crippen LogP contribution in [-0.2, 0) is 0 Å². The second-order valence-electron chi connectivity index (χ2n) is 6.96. The minimum atomic E-state index is 0.0980. The molecule has 5 nitrogen and oxygen atoms in total. The molecule has 2 heterocycles. The Kier molecular flexibility index (Phi) is 5.64. The van der Waals surface area contributed by atoms with E-state index in [1.54, 1.807) is 6.20 Å². The van der Waals surface area contributed by atoms with Crippen molar-refractivity contribution in [2.45, 2.75) is 0 Å². The van der Waals surface area contributed by atoms with E-state index in [0.29, 0.717) is 0 Å². The maximum Gasteiger partial charge on any atom is 0.253 e. The van der Waals surface area contributed by atoms with Gasteiger partial charge in [0.15, 0.2) is 0 Å². The number of aromatic amines is 1. The molecule has 2 aromatic carbocycles. The van der Waals surface area contributed by atoms with Crippen molar-refractivity contribution in [1.82, 2.24) is 20.0 Å². The van der Waals surface area contributed by atoms with Gasteiger partial charge in [-0.3, -0.25) is 14.8 Å². The lowest BCUT2D eigenvalue weighted by atomic mass is 10.1. The second kappa shape index (κ2) is 8.67. The van der Waals surface area contributed by atoms with Gasteiger partial charge in [-0.25, -0.2) is 0 Å². The molecular formula is C23H24N4O. The zero-order valence-electron chi connectivity index (χ0n) is 15.8. The van der Waals surface area contributed by atoms with Crippen LogP contribution in [0.15, 0.2) is 72.9 Å². The number of nitrogens with zero attached hydrogens (tertiary/aromatic N) is 3. The number of aromatic nitrogens is 2. The summed E-state index contributed by atoms with van der Waals surface area (Å²) in [5, 5.41) is 6.93. The summed E-state index contributed by atoms with van der Waals surface area (Å²) in [5.41, 5.74) is 3.84. The van der Waals surface area contributed by atoms with Crippen LogP contribution in [0.4, 0.5) is 0 Å². The van der Waals surface area contributed by atoms with E-state index in [1.165, 1.54) is 5.56 Å². The Balaban J connectivity index is 1.32. The van der Waals surface area contributed by atoms with Gasteiger partial charge in [0.05, 0.1) is 5.69 Å². The van der Waals surface area contributed by atoms with Crippen LogP contribution in [0.5, 0.6) is 0 Å². The molecule has 1 aromatic heterocycles. The normalized spacial score (nSPS) is 15.2. The Hall–Kier alpha value is -3.18. The molecule has 1 aliphatic heterocycles. The lowest BCUT2D eigenvalue weighted by Gasteiger charge is -2.34. The van der Waals surface area contributed by atoms with E-state index in [0.717, 1.165) is 49.5 Å². The fourth-order valence-electron chi connectivity index (χ4n) is 3.45. The summed E-state index contributed by atoms with van der Waals surface area (Å²) in [7, 11) is 0. The topological polar surface area (TPSA) is 52.2 Å². The van der Waals surface area contributed by atoms with Crippen LogP contribution in [0, 0.1) is 0 Å². The molecule has 0 aliphatic carbocycles. The first-order valence-corrected chi connectivity index (χ1v) is 9.62. The number of benzene rings is 2. The predicted molar refractivity (Wildman–Crippen MR) is 112 cm³/mol. The van der Waals surface area contributed by atoms with Gasteiger partial charge in [-0.15, -0.1) is 0 Å². The van der Waals surface area contributed by atoms with Crippen molar-refractivity contribution >= 4 is 12.0 Å². The van der Waals surface area contributed by atoms with Crippen LogP contribution in [-0.4, -0.2) is 58.6 Å². The number of hydrogen-bond acceptors (Lipinski definition) is 3. The van der Waals surface area contributed by atoms with Crippen LogP contribution in [0.2, 0.25) is 0 Å². The molecule has 142 valence electrons. The molecule has 4 rings (SSSR count). The molecule has 1 aliphatic rings. The molecule has 1 saturated heterocycles. The Morgan fingerprint density at radius 2 is 1.82 bits per heavy atom. The van der Waals surface area contributed by atoms with E-state index in [4.69, 9.17) is 0 Å². The van der Waals surface area contributed by atoms with Crippen molar-refractivity contribution in [2.24, 2.45) is 0 Å². The van der Waals surface area contributed by atoms with E-state index >= 15 is 0 Å². The third-order valence-electron chi connectivity index (χ3n) is 5.05. The van der Waals surface area contributed by atoms with Gasteiger partial charge in [0.2, 0.25) is 0 Å². The lowest BCUT2D eigenvalue weighted by molar-refractivity contribution is 0.0650. The molecule has 28 heavy (non-hydrogen) atoms. The number of carbonyl (C=O) groups excluding carboxylic acids is 1. The van der Waals surface area contributed by atoms with Crippen molar-refractivity contribution in [3.8, 4) is 11.3 Å². The molecule has 5 heteroatoms. The maximum atomic E-state index is 12.9. The van der Waals surface area contributed by atoms with Gasteiger partial charge in [-0.1, -0.05) is 54.6 Å². The molecule has 0 unspecified atom stereocenters. The largest absolute Gasteiger partial charge is 0.336 e. The van der Waals surface area contributed by atoms with Gasteiger partial charge in [0.25, 0.3) is 5.91 Å². The number of piperazine rings is 1. The van der Waals surface area contributed by atoms with Crippen LogP contribution < -0.4 is 0 Å². The fraction of sp³-hybridized carbons (Fsp3) is 0.217. The van der Waals surface area contributed by atoms with Gasteiger partial charge in [-0.05, 0) is 23.8 Å². The molecule has 0 atom stereocenters. The fourth-order valence-corrected chi connectivity index (χ4v) is 3.45. The molecule has 0 saturated carbocycles. The molecule has 1 amide bonds.